The lowest BCUT2D eigenvalue weighted by molar-refractivity contribution is -0.139. The molecule has 2 unspecified atom stereocenters. The number of hydrogen-bond donors (Lipinski definition) is 4. The summed E-state index contributed by atoms with van der Waals surface area (Å²) >= 11 is 6.31. The van der Waals surface area contributed by atoms with Crippen LogP contribution in [0.3, 0.4) is 0 Å². The van der Waals surface area contributed by atoms with Crippen LogP contribution in [0.5, 0.6) is 0 Å². The van der Waals surface area contributed by atoms with Gasteiger partial charge in [0.25, 0.3) is 11.8 Å². The number of aliphatic imine (C=N–C) groups is 1. The van der Waals surface area contributed by atoms with Gasteiger partial charge < -0.3 is 39.9 Å². The summed E-state index contributed by atoms with van der Waals surface area (Å²) in [5.41, 5.74) is 5.86. The SMILES string of the molecule is CC(C)c1c(C(=O)Nc2ccccc2)c(-c2ccccc2)c(-c2ccc(F)cc2)n1CC[C@@H](O)C[C@@H](O)CC(=O)O.CN1C(=O)C2C(N=CN2CCN2CCN(c3ccccc3Cl)CC2)N(C)C1=O. The molecule has 8 rings (SSSR count). The molecule has 4 aromatic carbocycles. The smallest absolute Gasteiger partial charge is 0.328 e. The molecule has 2 saturated heterocycles. The number of imide groups is 1. The van der Waals surface area contributed by atoms with Gasteiger partial charge in [-0.2, -0.15) is 0 Å². The largest absolute Gasteiger partial charge is 0.481 e. The highest BCUT2D eigenvalue weighted by Gasteiger charge is 2.48. The summed E-state index contributed by atoms with van der Waals surface area (Å²) in [7, 11) is 3.22. The molecule has 5 aromatic rings. The molecule has 3 aliphatic heterocycles. The number of para-hydroxylation sites is 2. The maximum atomic E-state index is 14.0. The van der Waals surface area contributed by atoms with E-state index in [1.54, 1.807) is 25.5 Å². The summed E-state index contributed by atoms with van der Waals surface area (Å²) in [6.45, 7) is 9.53. The maximum absolute atomic E-state index is 14.0. The predicted octanol–water partition coefficient (Wildman–Crippen LogP) is 7.34. The molecule has 17 heteroatoms. The Balaban J connectivity index is 0.000000218. The van der Waals surface area contributed by atoms with Gasteiger partial charge in [0.05, 0.1) is 46.9 Å². The Hall–Kier alpha value is -6.59. The van der Waals surface area contributed by atoms with Gasteiger partial charge in [0.2, 0.25) is 0 Å². The van der Waals surface area contributed by atoms with Crippen LogP contribution in [-0.4, -0.2) is 147 Å². The molecule has 2 fully saturated rings. The summed E-state index contributed by atoms with van der Waals surface area (Å²) in [6.07, 6.45) is -1.21. The molecule has 3 aliphatic rings. The highest BCUT2D eigenvalue weighted by Crippen LogP contribution is 2.43. The van der Waals surface area contributed by atoms with Crippen molar-refractivity contribution in [2.24, 2.45) is 4.99 Å². The second kappa shape index (κ2) is 22.7. The minimum absolute atomic E-state index is 0.0939. The van der Waals surface area contributed by atoms with Crippen LogP contribution in [0.1, 0.15) is 55.1 Å². The van der Waals surface area contributed by atoms with Crippen LogP contribution in [0.25, 0.3) is 22.4 Å². The van der Waals surface area contributed by atoms with Gasteiger partial charge >= 0.3 is 12.0 Å². The number of hydrogen-bond acceptors (Lipinski definition) is 10. The minimum Gasteiger partial charge on any atom is -0.481 e. The standard InChI is InChI=1S/C33H35FN2O5.C19H25ClN6O2/c1-21(2)31-30(33(41)35-25-11-7-4-8-12-25)29(22-9-5-3-6-10-22)32(23-13-15-24(34)16-14-23)36(31)18-17-26(37)19-27(38)20-28(39)40;1-22-17-16(18(27)23(2)19(22)28)26(13-21-17)12-9-24-7-10-25(11-8-24)15-6-4-3-5-14(15)20/h3-16,21,26-27,37-38H,17-20H2,1-2H3,(H,35,41)(H,39,40);3-6,13,16-17H,7-12H2,1-2H3/t26-,27-;/m1./s1. The average Bonchev–Trinajstić information content (AvgIpc) is 3.93. The molecule has 0 saturated carbocycles. The van der Waals surface area contributed by atoms with Gasteiger partial charge in [0.1, 0.15) is 5.82 Å². The Morgan fingerprint density at radius 3 is 2.09 bits per heavy atom. The first-order chi connectivity index (χ1) is 33.1. The zero-order valence-electron chi connectivity index (χ0n) is 39.3. The molecular formula is C52H60ClFN8O7. The molecule has 0 spiro atoms. The fourth-order valence-electron chi connectivity index (χ4n) is 9.28. The number of anilines is 2. The number of carbonyl (C=O) groups is 4. The molecule has 0 aliphatic carbocycles. The Kier molecular flexibility index (Phi) is 16.5. The lowest BCUT2D eigenvalue weighted by Gasteiger charge is -2.41. The number of aromatic nitrogens is 1. The van der Waals surface area contributed by atoms with Crippen LogP contribution in [0.15, 0.2) is 114 Å². The molecule has 4 amide bonds. The number of carboxylic acid groups (broad SMARTS) is 1. The van der Waals surface area contributed by atoms with Crippen LogP contribution >= 0.6 is 11.6 Å². The van der Waals surface area contributed by atoms with Crippen LogP contribution in [0, 0.1) is 5.82 Å². The number of piperazine rings is 1. The number of halogens is 2. The number of likely N-dealkylation sites (N-methyl/N-ethyl adjacent to an activating group) is 2. The van der Waals surface area contributed by atoms with Crippen molar-refractivity contribution in [2.75, 3.05) is 63.6 Å². The topological polar surface area (TPSA) is 174 Å². The van der Waals surface area contributed by atoms with Gasteiger partial charge in [-0.25, -0.2) is 14.2 Å². The third kappa shape index (κ3) is 11.8. The van der Waals surface area contributed by atoms with E-state index < -0.39 is 36.8 Å². The van der Waals surface area contributed by atoms with Gasteiger partial charge in [-0.1, -0.05) is 86.1 Å². The van der Waals surface area contributed by atoms with E-state index in [0.29, 0.717) is 34.6 Å². The van der Waals surface area contributed by atoms with Gasteiger partial charge in [0, 0.05) is 76.9 Å². The molecule has 1 aromatic heterocycles. The number of amides is 4. The van der Waals surface area contributed by atoms with Crippen LogP contribution in [-0.2, 0) is 16.1 Å². The molecular weight excluding hydrogens is 903 g/mol. The van der Waals surface area contributed by atoms with Crippen molar-refractivity contribution in [3.8, 4) is 22.4 Å². The Morgan fingerprint density at radius 2 is 1.45 bits per heavy atom. The van der Waals surface area contributed by atoms with E-state index in [4.69, 9.17) is 16.7 Å². The molecule has 15 nitrogen and oxygen atoms in total. The number of nitrogens with one attached hydrogen (secondary N) is 1. The normalized spacial score (nSPS) is 18.0. The van der Waals surface area contributed by atoms with Gasteiger partial charge in [-0.15, -0.1) is 0 Å². The lowest BCUT2D eigenvalue weighted by atomic mass is 9.94. The summed E-state index contributed by atoms with van der Waals surface area (Å²) in [6, 6.07) is 32.0. The van der Waals surface area contributed by atoms with Gasteiger partial charge in [-0.05, 0) is 78.4 Å². The van der Waals surface area contributed by atoms with E-state index in [2.05, 4.69) is 26.2 Å². The van der Waals surface area contributed by atoms with Crippen molar-refractivity contribution >= 4 is 53.1 Å². The zero-order valence-corrected chi connectivity index (χ0v) is 40.0. The van der Waals surface area contributed by atoms with E-state index in [1.165, 1.54) is 29.0 Å². The number of carboxylic acids is 1. The molecule has 364 valence electrons. The molecule has 4 heterocycles. The lowest BCUT2D eigenvalue weighted by Crippen LogP contribution is -2.64. The molecule has 69 heavy (non-hydrogen) atoms. The molecule has 4 N–H and O–H groups in total. The quantitative estimate of drug-likeness (QED) is 0.0784. The van der Waals surface area contributed by atoms with Crippen molar-refractivity contribution in [1.29, 1.82) is 0 Å². The molecule has 0 bridgehead atoms. The monoisotopic (exact) mass is 962 g/mol. The number of fused-ring (bicyclic) bond motifs is 1. The minimum atomic E-state index is -1.18. The number of carbonyl (C=O) groups excluding carboxylic acids is 3. The molecule has 4 atom stereocenters. The number of rotatable bonds is 16. The van der Waals surface area contributed by atoms with Crippen molar-refractivity contribution in [2.45, 2.75) is 70.0 Å². The summed E-state index contributed by atoms with van der Waals surface area (Å²) in [5, 5.41) is 33.6. The first-order valence-corrected chi connectivity index (χ1v) is 23.6. The van der Waals surface area contributed by atoms with E-state index >= 15 is 0 Å². The maximum Gasteiger partial charge on any atom is 0.328 e. The van der Waals surface area contributed by atoms with Gasteiger partial charge in [0.15, 0.2) is 12.2 Å². The van der Waals surface area contributed by atoms with Crippen molar-refractivity contribution in [3.63, 3.8) is 0 Å². The van der Waals surface area contributed by atoms with Crippen molar-refractivity contribution in [3.05, 3.63) is 131 Å². The van der Waals surface area contributed by atoms with Gasteiger partial charge in [-0.3, -0.25) is 24.2 Å². The van der Waals surface area contributed by atoms with Crippen molar-refractivity contribution in [1.82, 2.24) is 24.2 Å². The van der Waals surface area contributed by atoms with E-state index in [1.807, 2.05) is 102 Å². The average molecular weight is 964 g/mol. The van der Waals surface area contributed by atoms with E-state index in [-0.39, 0.29) is 49.0 Å². The Bertz CT molecular complexity index is 2610. The predicted molar refractivity (Wildman–Crippen MR) is 266 cm³/mol. The number of nitrogens with zero attached hydrogens (tertiary/aromatic N) is 7. The first kappa shape index (κ1) is 50.3. The molecule has 0 radical (unpaired) electrons. The third-order valence-electron chi connectivity index (χ3n) is 12.7. The fraction of sp³-hybridized carbons (Fsp3) is 0.365. The fourth-order valence-corrected chi connectivity index (χ4v) is 9.53. The van der Waals surface area contributed by atoms with Crippen LogP contribution in [0.2, 0.25) is 5.02 Å². The highest BCUT2D eigenvalue weighted by atomic mass is 35.5. The third-order valence-corrected chi connectivity index (χ3v) is 13.1. The highest BCUT2D eigenvalue weighted by molar-refractivity contribution is 6.33. The second-order valence-electron chi connectivity index (χ2n) is 17.8. The van der Waals surface area contributed by atoms with E-state index in [9.17, 15) is 33.8 Å². The summed E-state index contributed by atoms with van der Waals surface area (Å²) < 4.78 is 16.0. The number of benzene rings is 4. The first-order valence-electron chi connectivity index (χ1n) is 23.2. The number of urea groups is 1. The van der Waals surface area contributed by atoms with Crippen LogP contribution < -0.4 is 10.2 Å². The summed E-state index contributed by atoms with van der Waals surface area (Å²) in [4.78, 5) is 63.5. The van der Waals surface area contributed by atoms with Crippen molar-refractivity contribution < 1.29 is 38.9 Å². The van der Waals surface area contributed by atoms with Crippen LogP contribution in [0.4, 0.5) is 20.6 Å². The Morgan fingerprint density at radius 1 is 0.812 bits per heavy atom. The zero-order chi connectivity index (χ0) is 49.4. The number of aliphatic carboxylic acids is 1. The Labute approximate surface area is 407 Å². The summed E-state index contributed by atoms with van der Waals surface area (Å²) in [5.74, 6) is -2.12. The number of aliphatic hydroxyl groups is 2. The number of aliphatic hydroxyl groups excluding tert-OH is 2. The second-order valence-corrected chi connectivity index (χ2v) is 18.3. The van der Waals surface area contributed by atoms with E-state index in [0.717, 1.165) is 54.7 Å².